The average molecular weight is 274 g/mol. The summed E-state index contributed by atoms with van der Waals surface area (Å²) in [6, 6.07) is 16.2. The van der Waals surface area contributed by atoms with Crippen LogP contribution >= 0.6 is 0 Å². The number of aromatic nitrogens is 1. The Hall–Kier alpha value is -2.86. The van der Waals surface area contributed by atoms with Gasteiger partial charge >= 0.3 is 0 Å². The maximum absolute atomic E-state index is 9.19. The van der Waals surface area contributed by atoms with Gasteiger partial charge < -0.3 is 4.74 Å². The fraction of sp³-hybridized carbons (Fsp3) is 0.111. The van der Waals surface area contributed by atoms with Gasteiger partial charge in [-0.3, -0.25) is 4.98 Å². The van der Waals surface area contributed by atoms with Crippen molar-refractivity contribution in [2.24, 2.45) is 0 Å². The highest BCUT2D eigenvalue weighted by Gasteiger charge is 2.08. The normalized spacial score (nSPS) is 10.3. The van der Waals surface area contributed by atoms with Crippen LogP contribution in [0.3, 0.4) is 0 Å². The molecule has 0 saturated carbocycles. The molecule has 0 aliphatic carbocycles. The molecule has 0 aliphatic heterocycles. The van der Waals surface area contributed by atoms with Crippen LogP contribution in [-0.2, 0) is 6.61 Å². The topological polar surface area (TPSA) is 45.9 Å². The zero-order chi connectivity index (χ0) is 14.7. The molecule has 0 unspecified atom stereocenters. The number of rotatable bonds is 3. The largest absolute Gasteiger partial charge is 0.488 e. The summed E-state index contributed by atoms with van der Waals surface area (Å²) in [7, 11) is 0. The highest BCUT2D eigenvalue weighted by molar-refractivity contribution is 5.92. The monoisotopic (exact) mass is 274 g/mol. The van der Waals surface area contributed by atoms with Gasteiger partial charge in [0.25, 0.3) is 0 Å². The van der Waals surface area contributed by atoms with Crippen molar-refractivity contribution in [2.75, 3.05) is 0 Å². The quantitative estimate of drug-likeness (QED) is 0.725. The second kappa shape index (κ2) is 5.64. The number of aryl methyl sites for hydroxylation is 1. The molecule has 3 aromatic rings. The SMILES string of the molecule is Cc1cc(OCc2ccccc2)c2cncc(C#N)c2c1. The highest BCUT2D eigenvalue weighted by Crippen LogP contribution is 2.29. The van der Waals surface area contributed by atoms with E-state index in [0.717, 1.165) is 27.6 Å². The molecule has 2 aromatic carbocycles. The minimum Gasteiger partial charge on any atom is -0.488 e. The van der Waals surface area contributed by atoms with Gasteiger partial charge in [0, 0.05) is 23.2 Å². The van der Waals surface area contributed by atoms with Crippen LogP contribution in [0.2, 0.25) is 0 Å². The fourth-order valence-corrected chi connectivity index (χ4v) is 2.32. The van der Waals surface area contributed by atoms with E-state index in [0.29, 0.717) is 12.2 Å². The Morgan fingerprint density at radius 3 is 2.67 bits per heavy atom. The van der Waals surface area contributed by atoms with Crippen LogP contribution in [0.5, 0.6) is 5.75 Å². The number of hydrogen-bond donors (Lipinski definition) is 0. The number of hydrogen-bond acceptors (Lipinski definition) is 3. The lowest BCUT2D eigenvalue weighted by Crippen LogP contribution is -1.97. The maximum Gasteiger partial charge on any atom is 0.129 e. The number of benzene rings is 2. The zero-order valence-corrected chi connectivity index (χ0v) is 11.7. The Kier molecular flexibility index (Phi) is 3.53. The van der Waals surface area contributed by atoms with E-state index < -0.39 is 0 Å². The van der Waals surface area contributed by atoms with Crippen LogP contribution in [0.1, 0.15) is 16.7 Å². The molecular formula is C18H14N2O. The molecule has 21 heavy (non-hydrogen) atoms. The van der Waals surface area contributed by atoms with Gasteiger partial charge in [-0.15, -0.1) is 0 Å². The van der Waals surface area contributed by atoms with Gasteiger partial charge in [-0.2, -0.15) is 5.26 Å². The van der Waals surface area contributed by atoms with Gasteiger partial charge in [-0.1, -0.05) is 30.3 Å². The third-order valence-corrected chi connectivity index (χ3v) is 3.34. The predicted molar refractivity (Wildman–Crippen MR) is 82.0 cm³/mol. The average Bonchev–Trinajstić information content (AvgIpc) is 2.53. The smallest absolute Gasteiger partial charge is 0.129 e. The number of nitriles is 1. The van der Waals surface area contributed by atoms with Gasteiger partial charge in [-0.25, -0.2) is 0 Å². The summed E-state index contributed by atoms with van der Waals surface area (Å²) in [6.45, 7) is 2.49. The van der Waals surface area contributed by atoms with E-state index in [2.05, 4.69) is 11.1 Å². The first-order chi connectivity index (χ1) is 10.3. The summed E-state index contributed by atoms with van der Waals surface area (Å²) in [5.41, 5.74) is 2.74. The van der Waals surface area contributed by atoms with Gasteiger partial charge in [-0.05, 0) is 30.2 Å². The molecule has 3 rings (SSSR count). The molecule has 1 aromatic heterocycles. The van der Waals surface area contributed by atoms with E-state index >= 15 is 0 Å². The first kappa shape index (κ1) is 13.1. The van der Waals surface area contributed by atoms with Crippen molar-refractivity contribution in [1.29, 1.82) is 5.26 Å². The van der Waals surface area contributed by atoms with Gasteiger partial charge in [0.15, 0.2) is 0 Å². The summed E-state index contributed by atoms with van der Waals surface area (Å²) in [5, 5.41) is 11.0. The molecule has 0 aliphatic rings. The highest BCUT2D eigenvalue weighted by atomic mass is 16.5. The van der Waals surface area contributed by atoms with Crippen LogP contribution in [0.15, 0.2) is 54.9 Å². The first-order valence-corrected chi connectivity index (χ1v) is 6.73. The van der Waals surface area contributed by atoms with Crippen molar-refractivity contribution >= 4 is 10.8 Å². The molecule has 1 heterocycles. The molecule has 3 nitrogen and oxygen atoms in total. The lowest BCUT2D eigenvalue weighted by Gasteiger charge is -2.11. The Labute approximate surface area is 123 Å². The Morgan fingerprint density at radius 2 is 1.90 bits per heavy atom. The summed E-state index contributed by atoms with van der Waals surface area (Å²) < 4.78 is 5.94. The number of ether oxygens (including phenoxy) is 1. The minimum atomic E-state index is 0.496. The maximum atomic E-state index is 9.19. The van der Waals surface area contributed by atoms with Crippen molar-refractivity contribution in [2.45, 2.75) is 13.5 Å². The third-order valence-electron chi connectivity index (χ3n) is 3.34. The van der Waals surface area contributed by atoms with Crippen molar-refractivity contribution in [3.63, 3.8) is 0 Å². The molecule has 0 fully saturated rings. The van der Waals surface area contributed by atoms with E-state index in [4.69, 9.17) is 4.74 Å². The van der Waals surface area contributed by atoms with Crippen molar-refractivity contribution in [1.82, 2.24) is 4.98 Å². The fourth-order valence-electron chi connectivity index (χ4n) is 2.32. The summed E-state index contributed by atoms with van der Waals surface area (Å²) >= 11 is 0. The van der Waals surface area contributed by atoms with Gasteiger partial charge in [0.1, 0.15) is 18.4 Å². The lowest BCUT2D eigenvalue weighted by atomic mass is 10.0. The van der Waals surface area contributed by atoms with Crippen molar-refractivity contribution < 1.29 is 4.74 Å². The molecule has 0 amide bonds. The lowest BCUT2D eigenvalue weighted by molar-refractivity contribution is 0.310. The van der Waals surface area contributed by atoms with Crippen LogP contribution in [0.25, 0.3) is 10.8 Å². The van der Waals surface area contributed by atoms with E-state index in [1.165, 1.54) is 0 Å². The molecule has 0 radical (unpaired) electrons. The molecule has 0 N–H and O–H groups in total. The van der Waals surface area contributed by atoms with Gasteiger partial charge in [0.05, 0.1) is 5.56 Å². The molecule has 0 saturated heterocycles. The van der Waals surface area contributed by atoms with Crippen molar-refractivity contribution in [3.05, 3.63) is 71.5 Å². The number of pyridine rings is 1. The second-order valence-electron chi connectivity index (χ2n) is 4.93. The molecular weight excluding hydrogens is 260 g/mol. The first-order valence-electron chi connectivity index (χ1n) is 6.73. The van der Waals surface area contributed by atoms with Crippen LogP contribution in [-0.4, -0.2) is 4.98 Å². The van der Waals surface area contributed by atoms with Crippen LogP contribution in [0.4, 0.5) is 0 Å². The summed E-state index contributed by atoms with van der Waals surface area (Å²) in [4.78, 5) is 4.13. The number of nitrogens with zero attached hydrogens (tertiary/aromatic N) is 2. The van der Waals surface area contributed by atoms with Crippen LogP contribution in [0, 0.1) is 18.3 Å². The molecule has 0 spiro atoms. The Balaban J connectivity index is 2.00. The summed E-state index contributed by atoms with van der Waals surface area (Å²) in [5.74, 6) is 0.762. The Bertz CT molecular complexity index is 820. The number of fused-ring (bicyclic) bond motifs is 1. The van der Waals surface area contributed by atoms with E-state index in [1.807, 2.05) is 49.4 Å². The van der Waals surface area contributed by atoms with E-state index in [1.54, 1.807) is 12.4 Å². The van der Waals surface area contributed by atoms with Gasteiger partial charge in [0.2, 0.25) is 0 Å². The third kappa shape index (κ3) is 2.70. The minimum absolute atomic E-state index is 0.496. The predicted octanol–water partition coefficient (Wildman–Crippen LogP) is 3.99. The molecule has 0 bridgehead atoms. The van der Waals surface area contributed by atoms with E-state index in [-0.39, 0.29) is 0 Å². The molecule has 102 valence electrons. The Morgan fingerprint density at radius 1 is 1.10 bits per heavy atom. The molecule has 0 atom stereocenters. The zero-order valence-electron chi connectivity index (χ0n) is 11.7. The standard InChI is InChI=1S/C18H14N2O/c1-13-7-16-15(9-19)10-20-11-17(16)18(8-13)21-12-14-5-3-2-4-6-14/h2-8,10-11H,12H2,1H3. The van der Waals surface area contributed by atoms with Crippen LogP contribution < -0.4 is 4.74 Å². The van der Waals surface area contributed by atoms with Crippen molar-refractivity contribution in [3.8, 4) is 11.8 Å². The molecule has 3 heteroatoms. The second-order valence-corrected chi connectivity index (χ2v) is 4.93. The summed E-state index contributed by atoms with van der Waals surface area (Å²) in [6.07, 6.45) is 3.33. The van der Waals surface area contributed by atoms with E-state index in [9.17, 15) is 5.26 Å².